The van der Waals surface area contributed by atoms with Crippen molar-refractivity contribution in [3.8, 4) is 6.07 Å². The van der Waals surface area contributed by atoms with E-state index < -0.39 is 0 Å². The maximum absolute atomic E-state index is 12.4. The van der Waals surface area contributed by atoms with Gasteiger partial charge >= 0.3 is 0 Å². The van der Waals surface area contributed by atoms with Gasteiger partial charge in [0, 0.05) is 32.7 Å². The van der Waals surface area contributed by atoms with Crippen LogP contribution in [0.15, 0.2) is 30.5 Å². The molecule has 1 fully saturated rings. The van der Waals surface area contributed by atoms with E-state index >= 15 is 0 Å². The maximum atomic E-state index is 12.4. The molecule has 0 radical (unpaired) electrons. The molecule has 2 aromatic rings. The van der Waals surface area contributed by atoms with Crippen LogP contribution >= 0.6 is 0 Å². The fourth-order valence-electron chi connectivity index (χ4n) is 3.58. The van der Waals surface area contributed by atoms with Gasteiger partial charge in [-0.1, -0.05) is 12.1 Å². The summed E-state index contributed by atoms with van der Waals surface area (Å²) in [5.41, 5.74) is 3.34. The van der Waals surface area contributed by atoms with Crippen molar-refractivity contribution in [3.05, 3.63) is 52.8 Å². The molecule has 142 valence electrons. The average molecular weight is 367 g/mol. The number of ether oxygens (including phenoxy) is 1. The summed E-state index contributed by atoms with van der Waals surface area (Å²) in [6.07, 6.45) is 3.69. The normalized spacial score (nSPS) is 17.4. The fraction of sp³-hybridized carbons (Fsp3) is 0.450. The summed E-state index contributed by atoms with van der Waals surface area (Å²) >= 11 is 0. The first-order valence-corrected chi connectivity index (χ1v) is 9.23. The number of hydrogen-bond donors (Lipinski definition) is 2. The molecular weight excluding hydrogens is 342 g/mol. The van der Waals surface area contributed by atoms with Crippen molar-refractivity contribution in [1.82, 2.24) is 20.4 Å². The van der Waals surface area contributed by atoms with Crippen molar-refractivity contribution < 1.29 is 9.53 Å². The standard InChI is InChI=1S/C20H25N5O2/c1-27-9-7-22-20(26)18-12-23-24-19(18)17-6-3-8-25(14-17)13-16-5-2-4-15(10-16)11-21/h2,4-5,10,12,17H,3,6-9,13-14H2,1H3,(H,22,26)(H,23,24)/t17-/m0/s1. The Labute approximate surface area is 159 Å². The summed E-state index contributed by atoms with van der Waals surface area (Å²) < 4.78 is 4.98. The number of amides is 1. The predicted octanol–water partition coefficient (Wildman–Crippen LogP) is 2.04. The first-order chi connectivity index (χ1) is 13.2. The second-order valence-electron chi connectivity index (χ2n) is 6.83. The van der Waals surface area contributed by atoms with Crippen molar-refractivity contribution >= 4 is 5.91 Å². The van der Waals surface area contributed by atoms with Crippen molar-refractivity contribution in [2.45, 2.75) is 25.3 Å². The quantitative estimate of drug-likeness (QED) is 0.731. The molecule has 1 saturated heterocycles. The van der Waals surface area contributed by atoms with Gasteiger partial charge in [0.2, 0.25) is 0 Å². The number of nitriles is 1. The van der Waals surface area contributed by atoms with Gasteiger partial charge in [0.1, 0.15) is 0 Å². The fourth-order valence-corrected chi connectivity index (χ4v) is 3.58. The number of carbonyl (C=O) groups is 1. The maximum Gasteiger partial charge on any atom is 0.254 e. The van der Waals surface area contributed by atoms with Gasteiger partial charge < -0.3 is 10.1 Å². The third-order valence-corrected chi connectivity index (χ3v) is 4.88. The molecule has 27 heavy (non-hydrogen) atoms. The van der Waals surface area contributed by atoms with E-state index in [-0.39, 0.29) is 11.8 Å². The predicted molar refractivity (Wildman–Crippen MR) is 101 cm³/mol. The molecule has 1 atom stereocenters. The van der Waals surface area contributed by atoms with Crippen LogP contribution in [-0.4, -0.2) is 54.4 Å². The molecule has 0 bridgehead atoms. The van der Waals surface area contributed by atoms with Gasteiger partial charge in [-0.25, -0.2) is 0 Å². The summed E-state index contributed by atoms with van der Waals surface area (Å²) in [5, 5.41) is 19.1. The van der Waals surface area contributed by atoms with Gasteiger partial charge in [-0.2, -0.15) is 10.4 Å². The SMILES string of the molecule is COCCNC(=O)c1cn[nH]c1[C@H]1CCCN(Cc2cccc(C#N)c2)C1. The Morgan fingerprint density at radius 2 is 2.41 bits per heavy atom. The second-order valence-corrected chi connectivity index (χ2v) is 6.83. The van der Waals surface area contributed by atoms with E-state index in [4.69, 9.17) is 10.00 Å². The number of benzene rings is 1. The Balaban J connectivity index is 1.65. The molecule has 1 aromatic carbocycles. The first kappa shape index (κ1) is 19.1. The van der Waals surface area contributed by atoms with Crippen molar-refractivity contribution in [2.75, 3.05) is 33.4 Å². The third-order valence-electron chi connectivity index (χ3n) is 4.88. The lowest BCUT2D eigenvalue weighted by molar-refractivity contribution is 0.0934. The second kappa shape index (κ2) is 9.31. The number of hydrogen-bond acceptors (Lipinski definition) is 5. The van der Waals surface area contributed by atoms with Crippen molar-refractivity contribution in [2.24, 2.45) is 0 Å². The number of rotatable bonds is 7. The highest BCUT2D eigenvalue weighted by Crippen LogP contribution is 2.28. The summed E-state index contributed by atoms with van der Waals surface area (Å²) in [6.45, 7) is 3.63. The van der Waals surface area contributed by atoms with Crippen LogP contribution in [0.1, 0.15) is 45.9 Å². The third kappa shape index (κ3) is 4.94. The number of aromatic nitrogens is 2. The van der Waals surface area contributed by atoms with Gasteiger partial charge in [-0.3, -0.25) is 14.8 Å². The summed E-state index contributed by atoms with van der Waals surface area (Å²) in [6, 6.07) is 9.93. The molecule has 0 saturated carbocycles. The molecular formula is C20H25N5O2. The molecule has 1 aromatic heterocycles. The van der Waals surface area contributed by atoms with Crippen LogP contribution in [0.3, 0.4) is 0 Å². The lowest BCUT2D eigenvalue weighted by Gasteiger charge is -2.32. The van der Waals surface area contributed by atoms with E-state index in [1.807, 2.05) is 18.2 Å². The Morgan fingerprint density at radius 1 is 1.52 bits per heavy atom. The number of nitrogens with one attached hydrogen (secondary N) is 2. The van der Waals surface area contributed by atoms with E-state index in [9.17, 15) is 4.79 Å². The number of piperidine rings is 1. The van der Waals surface area contributed by atoms with Crippen LogP contribution in [-0.2, 0) is 11.3 Å². The lowest BCUT2D eigenvalue weighted by atomic mass is 9.92. The minimum atomic E-state index is -0.116. The molecule has 1 amide bonds. The number of H-pyrrole nitrogens is 1. The Kier molecular flexibility index (Phi) is 6.58. The van der Waals surface area contributed by atoms with Crippen molar-refractivity contribution in [3.63, 3.8) is 0 Å². The zero-order valence-electron chi connectivity index (χ0n) is 15.6. The zero-order chi connectivity index (χ0) is 19.1. The minimum absolute atomic E-state index is 0.116. The summed E-state index contributed by atoms with van der Waals surface area (Å²) in [7, 11) is 1.61. The molecule has 1 aliphatic rings. The van der Waals surface area contributed by atoms with Crippen LogP contribution in [0.25, 0.3) is 0 Å². The van der Waals surface area contributed by atoms with Crippen LogP contribution < -0.4 is 5.32 Å². The van der Waals surface area contributed by atoms with Gasteiger partial charge in [0.05, 0.1) is 35.7 Å². The molecule has 1 aliphatic heterocycles. The van der Waals surface area contributed by atoms with Gasteiger partial charge in [-0.15, -0.1) is 0 Å². The molecule has 0 aliphatic carbocycles. The molecule has 2 N–H and O–H groups in total. The number of likely N-dealkylation sites (tertiary alicyclic amines) is 1. The minimum Gasteiger partial charge on any atom is -0.383 e. The molecule has 3 rings (SSSR count). The van der Waals surface area contributed by atoms with E-state index in [2.05, 4.69) is 32.5 Å². The van der Waals surface area contributed by atoms with Crippen molar-refractivity contribution in [1.29, 1.82) is 5.26 Å². The topological polar surface area (TPSA) is 94.0 Å². The molecule has 0 spiro atoms. The van der Waals surface area contributed by atoms with E-state index in [0.717, 1.165) is 43.7 Å². The zero-order valence-corrected chi connectivity index (χ0v) is 15.6. The van der Waals surface area contributed by atoms with E-state index in [0.29, 0.717) is 24.3 Å². The highest BCUT2D eigenvalue weighted by molar-refractivity contribution is 5.95. The first-order valence-electron chi connectivity index (χ1n) is 9.23. The molecule has 2 heterocycles. The van der Waals surface area contributed by atoms with Gasteiger partial charge in [0.25, 0.3) is 5.91 Å². The lowest BCUT2D eigenvalue weighted by Crippen LogP contribution is -2.35. The number of methoxy groups -OCH3 is 1. The highest BCUT2D eigenvalue weighted by atomic mass is 16.5. The van der Waals surface area contributed by atoms with Gasteiger partial charge in [-0.05, 0) is 37.1 Å². The Bertz CT molecular complexity index is 811. The van der Waals surface area contributed by atoms with Gasteiger partial charge in [0.15, 0.2) is 0 Å². The number of carbonyl (C=O) groups excluding carboxylic acids is 1. The number of nitrogens with zero attached hydrogens (tertiary/aromatic N) is 3. The van der Waals surface area contributed by atoms with Crippen LogP contribution in [0.5, 0.6) is 0 Å². The summed E-state index contributed by atoms with van der Waals surface area (Å²) in [4.78, 5) is 14.8. The molecule has 7 heteroatoms. The number of aromatic amines is 1. The highest BCUT2D eigenvalue weighted by Gasteiger charge is 2.26. The largest absolute Gasteiger partial charge is 0.383 e. The van der Waals surface area contributed by atoms with E-state index in [1.54, 1.807) is 13.3 Å². The Hall–Kier alpha value is -2.69. The summed E-state index contributed by atoms with van der Waals surface area (Å²) in [5.74, 6) is 0.123. The van der Waals surface area contributed by atoms with E-state index in [1.165, 1.54) is 0 Å². The van der Waals surface area contributed by atoms with Crippen LogP contribution in [0.2, 0.25) is 0 Å². The molecule has 0 unspecified atom stereocenters. The van der Waals surface area contributed by atoms with Crippen LogP contribution in [0.4, 0.5) is 0 Å². The smallest absolute Gasteiger partial charge is 0.254 e. The van der Waals surface area contributed by atoms with Crippen LogP contribution in [0, 0.1) is 11.3 Å². The monoisotopic (exact) mass is 367 g/mol. The average Bonchev–Trinajstić information content (AvgIpc) is 3.18. The molecule has 7 nitrogen and oxygen atoms in total. The Morgan fingerprint density at radius 3 is 3.22 bits per heavy atom.